The van der Waals surface area contributed by atoms with E-state index in [0.29, 0.717) is 34.9 Å². The fourth-order valence-corrected chi connectivity index (χ4v) is 3.05. The fraction of sp³-hybridized carbons (Fsp3) is 0.192. The van der Waals surface area contributed by atoms with E-state index in [1.807, 2.05) is 0 Å². The van der Waals surface area contributed by atoms with E-state index in [2.05, 4.69) is 10.6 Å². The lowest BCUT2D eigenvalue weighted by atomic mass is 10.1. The Morgan fingerprint density at radius 3 is 1.94 bits per heavy atom. The first-order valence-corrected chi connectivity index (χ1v) is 10.8. The van der Waals surface area contributed by atoms with Gasteiger partial charge in [-0.2, -0.15) is 0 Å². The Bertz CT molecular complexity index is 1150. The van der Waals surface area contributed by atoms with Crippen molar-refractivity contribution >= 4 is 23.7 Å². The summed E-state index contributed by atoms with van der Waals surface area (Å²) in [5, 5.41) is 5.64. The van der Waals surface area contributed by atoms with Crippen LogP contribution in [0.4, 0.5) is 10.5 Å². The summed E-state index contributed by atoms with van der Waals surface area (Å²) in [5.41, 5.74) is 2.26. The standard InChI is InChI=1S/C26H26N2O7/c1-4-34-26(31)35-21-11-7-18(8-12-21)24(29)27-16-17-5-9-20(10-6-17)28-25(30)19-13-22(32-2)15-23(14-19)33-3/h5-15H,4,16H2,1-3H3,(H,27,29)(H,28,30). The van der Waals surface area contributed by atoms with E-state index < -0.39 is 6.16 Å². The number of hydrogen-bond donors (Lipinski definition) is 2. The number of carbonyl (C=O) groups excluding carboxylic acids is 3. The molecule has 182 valence electrons. The Balaban J connectivity index is 1.53. The molecule has 0 aromatic heterocycles. The third-order valence-corrected chi connectivity index (χ3v) is 4.86. The van der Waals surface area contributed by atoms with Crippen molar-refractivity contribution in [1.29, 1.82) is 0 Å². The number of rotatable bonds is 9. The molecule has 0 saturated heterocycles. The van der Waals surface area contributed by atoms with E-state index in [-0.39, 0.29) is 24.2 Å². The van der Waals surface area contributed by atoms with Gasteiger partial charge in [-0.25, -0.2) is 4.79 Å². The predicted octanol–water partition coefficient (Wildman–Crippen LogP) is 4.42. The molecule has 3 aromatic carbocycles. The average molecular weight is 479 g/mol. The zero-order valence-corrected chi connectivity index (χ0v) is 19.6. The normalized spacial score (nSPS) is 10.1. The van der Waals surface area contributed by atoms with Gasteiger partial charge in [-0.3, -0.25) is 9.59 Å². The number of benzene rings is 3. The van der Waals surface area contributed by atoms with Crippen LogP contribution < -0.4 is 24.8 Å². The zero-order chi connectivity index (χ0) is 25.2. The van der Waals surface area contributed by atoms with Gasteiger partial charge in [0.05, 0.1) is 20.8 Å². The number of nitrogens with one attached hydrogen (secondary N) is 2. The molecule has 0 radical (unpaired) electrons. The molecule has 0 aliphatic heterocycles. The summed E-state index contributed by atoms with van der Waals surface area (Å²) in [5.74, 6) is 0.726. The Labute approximate surface area is 203 Å². The molecule has 9 heteroatoms. The lowest BCUT2D eigenvalue weighted by Gasteiger charge is -2.10. The molecule has 2 N–H and O–H groups in total. The quantitative estimate of drug-likeness (QED) is 0.346. The van der Waals surface area contributed by atoms with Crippen LogP contribution in [0.5, 0.6) is 17.2 Å². The molecule has 0 spiro atoms. The van der Waals surface area contributed by atoms with Gasteiger partial charge in [-0.05, 0) is 61.0 Å². The van der Waals surface area contributed by atoms with E-state index in [1.165, 1.54) is 26.4 Å². The maximum absolute atomic E-state index is 12.6. The van der Waals surface area contributed by atoms with Crippen LogP contribution >= 0.6 is 0 Å². The van der Waals surface area contributed by atoms with Crippen molar-refractivity contribution in [1.82, 2.24) is 5.32 Å². The highest BCUT2D eigenvalue weighted by molar-refractivity contribution is 6.04. The maximum Gasteiger partial charge on any atom is 0.513 e. The van der Waals surface area contributed by atoms with Crippen LogP contribution in [-0.4, -0.2) is 38.8 Å². The van der Waals surface area contributed by atoms with Gasteiger partial charge in [0.15, 0.2) is 0 Å². The summed E-state index contributed by atoms with van der Waals surface area (Å²) < 4.78 is 20.1. The Kier molecular flexibility index (Phi) is 8.66. The smallest absolute Gasteiger partial charge is 0.497 e. The van der Waals surface area contributed by atoms with Crippen LogP contribution in [0.2, 0.25) is 0 Å². The van der Waals surface area contributed by atoms with Crippen LogP contribution in [0.1, 0.15) is 33.2 Å². The van der Waals surface area contributed by atoms with E-state index in [9.17, 15) is 14.4 Å². The fourth-order valence-electron chi connectivity index (χ4n) is 3.05. The number of hydrogen-bond acceptors (Lipinski definition) is 7. The molecule has 0 heterocycles. The number of carbonyl (C=O) groups is 3. The predicted molar refractivity (Wildman–Crippen MR) is 129 cm³/mol. The van der Waals surface area contributed by atoms with E-state index >= 15 is 0 Å². The Morgan fingerprint density at radius 2 is 1.37 bits per heavy atom. The summed E-state index contributed by atoms with van der Waals surface area (Å²) in [4.78, 5) is 36.4. The van der Waals surface area contributed by atoms with Gasteiger partial charge >= 0.3 is 6.16 Å². The number of methoxy groups -OCH3 is 2. The molecule has 35 heavy (non-hydrogen) atoms. The Morgan fingerprint density at radius 1 is 0.743 bits per heavy atom. The summed E-state index contributed by atoms with van der Waals surface area (Å²) in [7, 11) is 3.03. The number of anilines is 1. The molecule has 0 aliphatic rings. The van der Waals surface area contributed by atoms with Gasteiger partial charge in [-0.1, -0.05) is 12.1 Å². The van der Waals surface area contributed by atoms with Gasteiger partial charge in [0.25, 0.3) is 11.8 Å². The van der Waals surface area contributed by atoms with Crippen LogP contribution in [0.15, 0.2) is 66.7 Å². The van der Waals surface area contributed by atoms with E-state index in [0.717, 1.165) is 5.56 Å². The Hall–Kier alpha value is -4.53. The number of ether oxygens (including phenoxy) is 4. The van der Waals surface area contributed by atoms with Gasteiger partial charge in [0.1, 0.15) is 17.2 Å². The summed E-state index contributed by atoms with van der Waals surface area (Å²) >= 11 is 0. The van der Waals surface area contributed by atoms with Crippen molar-refractivity contribution < 1.29 is 33.3 Å². The van der Waals surface area contributed by atoms with E-state index in [4.69, 9.17) is 18.9 Å². The lowest BCUT2D eigenvalue weighted by Crippen LogP contribution is -2.22. The summed E-state index contributed by atoms with van der Waals surface area (Å²) in [6.45, 7) is 2.18. The highest BCUT2D eigenvalue weighted by Crippen LogP contribution is 2.23. The minimum atomic E-state index is -0.799. The monoisotopic (exact) mass is 478 g/mol. The average Bonchev–Trinajstić information content (AvgIpc) is 2.88. The third kappa shape index (κ3) is 7.23. The molecule has 0 atom stereocenters. The van der Waals surface area contributed by atoms with Crippen LogP contribution in [-0.2, 0) is 11.3 Å². The molecule has 2 amide bonds. The highest BCUT2D eigenvalue weighted by atomic mass is 16.7. The van der Waals surface area contributed by atoms with Crippen molar-refractivity contribution in [3.05, 3.63) is 83.4 Å². The van der Waals surface area contributed by atoms with Crippen molar-refractivity contribution in [2.45, 2.75) is 13.5 Å². The first-order chi connectivity index (χ1) is 16.9. The molecule has 3 rings (SSSR count). The molecule has 0 saturated carbocycles. The van der Waals surface area contributed by atoms with Gasteiger partial charge in [-0.15, -0.1) is 0 Å². The van der Waals surface area contributed by atoms with Gasteiger partial charge in [0, 0.05) is 29.4 Å². The second kappa shape index (κ2) is 12.1. The van der Waals surface area contributed by atoms with Crippen molar-refractivity contribution in [2.75, 3.05) is 26.1 Å². The number of amides is 2. The lowest BCUT2D eigenvalue weighted by molar-refractivity contribution is 0.0950. The second-order valence-corrected chi connectivity index (χ2v) is 7.24. The molecule has 0 fully saturated rings. The van der Waals surface area contributed by atoms with Gasteiger partial charge in [0.2, 0.25) is 0 Å². The van der Waals surface area contributed by atoms with Gasteiger partial charge < -0.3 is 29.6 Å². The summed E-state index contributed by atoms with van der Waals surface area (Å²) in [6.07, 6.45) is -0.799. The molecular weight excluding hydrogens is 452 g/mol. The van der Waals surface area contributed by atoms with Crippen LogP contribution in [0.25, 0.3) is 0 Å². The molecular formula is C26H26N2O7. The van der Waals surface area contributed by atoms with Crippen molar-refractivity contribution in [2.24, 2.45) is 0 Å². The first kappa shape index (κ1) is 25.1. The molecule has 0 aliphatic carbocycles. The minimum absolute atomic E-state index is 0.212. The van der Waals surface area contributed by atoms with Crippen molar-refractivity contribution in [3.8, 4) is 17.2 Å². The molecule has 3 aromatic rings. The minimum Gasteiger partial charge on any atom is -0.497 e. The van der Waals surface area contributed by atoms with Crippen LogP contribution in [0, 0.1) is 0 Å². The van der Waals surface area contributed by atoms with Crippen molar-refractivity contribution in [3.63, 3.8) is 0 Å². The molecule has 9 nitrogen and oxygen atoms in total. The molecule has 0 unspecified atom stereocenters. The second-order valence-electron chi connectivity index (χ2n) is 7.24. The SMILES string of the molecule is CCOC(=O)Oc1ccc(C(=O)NCc2ccc(NC(=O)c3cc(OC)cc(OC)c3)cc2)cc1. The topological polar surface area (TPSA) is 112 Å². The first-order valence-electron chi connectivity index (χ1n) is 10.8. The summed E-state index contributed by atoms with van der Waals surface area (Å²) in [6, 6.07) is 18.2. The maximum atomic E-state index is 12.6. The highest BCUT2D eigenvalue weighted by Gasteiger charge is 2.11. The van der Waals surface area contributed by atoms with Crippen LogP contribution in [0.3, 0.4) is 0 Å². The largest absolute Gasteiger partial charge is 0.513 e. The zero-order valence-electron chi connectivity index (χ0n) is 19.6. The third-order valence-electron chi connectivity index (χ3n) is 4.86. The van der Waals surface area contributed by atoms with E-state index in [1.54, 1.807) is 61.5 Å². The molecule has 0 bridgehead atoms.